The molecule has 2 N–H and O–H groups in total. The number of ether oxygens (including phenoxy) is 2. The van der Waals surface area contributed by atoms with Crippen LogP contribution in [0.1, 0.15) is 25.0 Å². The minimum atomic E-state index is 0. The van der Waals surface area contributed by atoms with E-state index in [1.165, 1.54) is 11.1 Å². The highest BCUT2D eigenvalue weighted by atomic mass is 127. The fourth-order valence-corrected chi connectivity index (χ4v) is 1.77. The molecule has 1 aromatic carbocycles. The van der Waals surface area contributed by atoms with Gasteiger partial charge in [0.25, 0.3) is 0 Å². The van der Waals surface area contributed by atoms with Crippen LogP contribution < -0.4 is 10.6 Å². The number of aliphatic imine (C=N–C) groups is 1. The van der Waals surface area contributed by atoms with Gasteiger partial charge in [-0.25, -0.2) is 0 Å². The Hall–Kier alpha value is -0.860. The van der Waals surface area contributed by atoms with Gasteiger partial charge in [0.05, 0.1) is 13.2 Å². The van der Waals surface area contributed by atoms with Crippen LogP contribution in [0.5, 0.6) is 0 Å². The van der Waals surface area contributed by atoms with Gasteiger partial charge >= 0.3 is 0 Å². The molecule has 0 aliphatic rings. The molecule has 0 aliphatic heterocycles. The van der Waals surface area contributed by atoms with Crippen molar-refractivity contribution in [3.8, 4) is 0 Å². The Kier molecular flexibility index (Phi) is 13.2. The molecule has 0 aromatic heterocycles. The van der Waals surface area contributed by atoms with Crippen LogP contribution in [-0.2, 0) is 22.6 Å². The summed E-state index contributed by atoms with van der Waals surface area (Å²) in [5.41, 5.74) is 2.41. The van der Waals surface area contributed by atoms with E-state index in [4.69, 9.17) is 9.47 Å². The van der Waals surface area contributed by atoms with Gasteiger partial charge in [-0.2, -0.15) is 0 Å². The van der Waals surface area contributed by atoms with Gasteiger partial charge in [-0.3, -0.25) is 4.99 Å². The molecular formula is C16H28IN3O2. The zero-order valence-corrected chi connectivity index (χ0v) is 16.1. The lowest BCUT2D eigenvalue weighted by atomic mass is 10.1. The fourth-order valence-electron chi connectivity index (χ4n) is 1.77. The highest BCUT2D eigenvalue weighted by Crippen LogP contribution is 2.05. The first kappa shape index (κ1) is 21.1. The second kappa shape index (κ2) is 13.8. The Balaban J connectivity index is 0.00000441. The van der Waals surface area contributed by atoms with E-state index >= 15 is 0 Å². The Morgan fingerprint density at radius 2 is 1.64 bits per heavy atom. The van der Waals surface area contributed by atoms with E-state index in [9.17, 15) is 0 Å². The number of benzene rings is 1. The van der Waals surface area contributed by atoms with E-state index in [0.29, 0.717) is 13.2 Å². The van der Waals surface area contributed by atoms with Crippen LogP contribution in [0, 0.1) is 0 Å². The van der Waals surface area contributed by atoms with Crippen molar-refractivity contribution in [1.29, 1.82) is 0 Å². The van der Waals surface area contributed by atoms with Crippen LogP contribution in [0.25, 0.3) is 0 Å². The Morgan fingerprint density at radius 1 is 1.00 bits per heavy atom. The lowest BCUT2D eigenvalue weighted by molar-refractivity contribution is 0.134. The third-order valence-corrected chi connectivity index (χ3v) is 2.92. The van der Waals surface area contributed by atoms with E-state index in [-0.39, 0.29) is 24.0 Å². The zero-order valence-electron chi connectivity index (χ0n) is 13.7. The number of rotatable bonds is 9. The van der Waals surface area contributed by atoms with Crippen molar-refractivity contribution in [1.82, 2.24) is 10.6 Å². The third kappa shape index (κ3) is 9.22. The van der Waals surface area contributed by atoms with Gasteiger partial charge in [0, 0.05) is 33.4 Å². The molecular weight excluding hydrogens is 393 g/mol. The third-order valence-electron chi connectivity index (χ3n) is 2.92. The van der Waals surface area contributed by atoms with Crippen LogP contribution in [0.2, 0.25) is 0 Å². The Labute approximate surface area is 150 Å². The van der Waals surface area contributed by atoms with Crippen LogP contribution >= 0.6 is 24.0 Å². The van der Waals surface area contributed by atoms with Gasteiger partial charge < -0.3 is 20.1 Å². The summed E-state index contributed by atoms with van der Waals surface area (Å²) in [6.07, 6.45) is 0. The maximum Gasteiger partial charge on any atom is 0.191 e. The smallest absolute Gasteiger partial charge is 0.191 e. The summed E-state index contributed by atoms with van der Waals surface area (Å²) in [7, 11) is 1.77. The minimum Gasteiger partial charge on any atom is -0.380 e. The molecule has 0 aliphatic carbocycles. The first-order chi connectivity index (χ1) is 10.3. The number of hydrogen-bond donors (Lipinski definition) is 2. The molecule has 0 bridgehead atoms. The maximum absolute atomic E-state index is 5.38. The SMILES string of the molecule is CCOCCNC(=NC)NCc1ccc(COCC)cc1.I. The van der Waals surface area contributed by atoms with E-state index in [1.807, 2.05) is 13.8 Å². The van der Waals surface area contributed by atoms with E-state index in [2.05, 4.69) is 39.9 Å². The van der Waals surface area contributed by atoms with Crippen LogP contribution in [0.3, 0.4) is 0 Å². The normalized spacial score (nSPS) is 11.0. The first-order valence-electron chi connectivity index (χ1n) is 7.48. The molecule has 6 heteroatoms. The second-order valence-electron chi connectivity index (χ2n) is 4.50. The lowest BCUT2D eigenvalue weighted by Crippen LogP contribution is -2.38. The number of guanidine groups is 1. The van der Waals surface area contributed by atoms with Crippen molar-refractivity contribution in [2.24, 2.45) is 4.99 Å². The van der Waals surface area contributed by atoms with Crippen molar-refractivity contribution < 1.29 is 9.47 Å². The van der Waals surface area contributed by atoms with Gasteiger partial charge in [-0.05, 0) is 25.0 Å². The molecule has 0 heterocycles. The summed E-state index contributed by atoms with van der Waals surface area (Å²) in [6.45, 7) is 8.32. The van der Waals surface area contributed by atoms with E-state index in [1.54, 1.807) is 7.05 Å². The largest absolute Gasteiger partial charge is 0.380 e. The second-order valence-corrected chi connectivity index (χ2v) is 4.50. The van der Waals surface area contributed by atoms with Crippen molar-refractivity contribution in [2.45, 2.75) is 27.0 Å². The minimum absolute atomic E-state index is 0. The van der Waals surface area contributed by atoms with Gasteiger partial charge in [0.1, 0.15) is 0 Å². The Morgan fingerprint density at radius 3 is 2.23 bits per heavy atom. The Bertz CT molecular complexity index is 410. The van der Waals surface area contributed by atoms with Crippen molar-refractivity contribution in [2.75, 3.05) is 33.4 Å². The number of nitrogens with zero attached hydrogens (tertiary/aromatic N) is 1. The van der Waals surface area contributed by atoms with E-state index < -0.39 is 0 Å². The average Bonchev–Trinajstić information content (AvgIpc) is 2.53. The van der Waals surface area contributed by atoms with E-state index in [0.717, 1.165) is 32.3 Å². The van der Waals surface area contributed by atoms with Gasteiger partial charge in [-0.1, -0.05) is 24.3 Å². The van der Waals surface area contributed by atoms with Crippen molar-refractivity contribution in [3.05, 3.63) is 35.4 Å². The molecule has 0 fully saturated rings. The quantitative estimate of drug-likeness (QED) is 0.279. The van der Waals surface area contributed by atoms with Gasteiger partial charge in [-0.15, -0.1) is 24.0 Å². The lowest BCUT2D eigenvalue weighted by Gasteiger charge is -2.12. The fraction of sp³-hybridized carbons (Fsp3) is 0.562. The summed E-state index contributed by atoms with van der Waals surface area (Å²) in [5.74, 6) is 0.785. The standard InChI is InChI=1S/C16H27N3O2.HI/c1-4-20-11-10-18-16(17-3)19-12-14-6-8-15(9-7-14)13-21-5-2;/h6-9H,4-5,10-13H2,1-3H3,(H2,17,18,19);1H. The molecule has 0 amide bonds. The predicted molar refractivity (Wildman–Crippen MR) is 102 cm³/mol. The van der Waals surface area contributed by atoms with Crippen molar-refractivity contribution >= 4 is 29.9 Å². The summed E-state index contributed by atoms with van der Waals surface area (Å²) in [6, 6.07) is 8.40. The number of nitrogens with one attached hydrogen (secondary N) is 2. The van der Waals surface area contributed by atoms with Gasteiger partial charge in [0.2, 0.25) is 0 Å². The molecule has 0 spiro atoms. The average molecular weight is 421 g/mol. The molecule has 0 unspecified atom stereocenters. The molecule has 1 aromatic rings. The predicted octanol–water partition coefficient (Wildman–Crippen LogP) is 2.54. The highest BCUT2D eigenvalue weighted by molar-refractivity contribution is 14.0. The first-order valence-corrected chi connectivity index (χ1v) is 7.48. The summed E-state index contributed by atoms with van der Waals surface area (Å²) < 4.78 is 10.7. The van der Waals surface area contributed by atoms with Gasteiger partial charge in [0.15, 0.2) is 5.96 Å². The van der Waals surface area contributed by atoms with Crippen molar-refractivity contribution in [3.63, 3.8) is 0 Å². The highest BCUT2D eigenvalue weighted by Gasteiger charge is 1.99. The van der Waals surface area contributed by atoms with Crippen LogP contribution in [-0.4, -0.2) is 39.4 Å². The van der Waals surface area contributed by atoms with Crippen LogP contribution in [0.15, 0.2) is 29.3 Å². The molecule has 5 nitrogen and oxygen atoms in total. The molecule has 0 saturated heterocycles. The summed E-state index contributed by atoms with van der Waals surface area (Å²) in [4.78, 5) is 4.18. The summed E-state index contributed by atoms with van der Waals surface area (Å²) >= 11 is 0. The molecule has 0 radical (unpaired) electrons. The monoisotopic (exact) mass is 421 g/mol. The number of halogens is 1. The molecule has 22 heavy (non-hydrogen) atoms. The maximum atomic E-state index is 5.38. The molecule has 126 valence electrons. The molecule has 0 saturated carbocycles. The molecule has 1 rings (SSSR count). The zero-order chi connectivity index (χ0) is 15.3. The number of hydrogen-bond acceptors (Lipinski definition) is 3. The molecule has 0 atom stereocenters. The van der Waals surface area contributed by atoms with Crippen LogP contribution in [0.4, 0.5) is 0 Å². The topological polar surface area (TPSA) is 54.9 Å². The summed E-state index contributed by atoms with van der Waals surface area (Å²) in [5, 5.41) is 6.48.